The molecular formula is C12H8N2O4S. The Bertz CT molecular complexity index is 628. The van der Waals surface area contributed by atoms with Crippen molar-refractivity contribution in [2.45, 2.75) is 9.79 Å². The number of pyridine rings is 1. The molecule has 0 bridgehead atoms. The zero-order valence-corrected chi connectivity index (χ0v) is 10.3. The van der Waals surface area contributed by atoms with Gasteiger partial charge in [-0.15, -0.1) is 0 Å². The van der Waals surface area contributed by atoms with Crippen molar-refractivity contribution < 1.29 is 14.8 Å². The summed E-state index contributed by atoms with van der Waals surface area (Å²) < 4.78 is 0. The molecule has 1 aromatic carbocycles. The van der Waals surface area contributed by atoms with Crippen LogP contribution in [0.25, 0.3) is 0 Å². The molecule has 6 nitrogen and oxygen atoms in total. The minimum Gasteiger partial charge on any atom is -0.478 e. The summed E-state index contributed by atoms with van der Waals surface area (Å²) in [6.45, 7) is 0. The van der Waals surface area contributed by atoms with E-state index in [2.05, 4.69) is 4.98 Å². The second-order valence-electron chi connectivity index (χ2n) is 3.51. The van der Waals surface area contributed by atoms with E-state index < -0.39 is 10.9 Å². The van der Waals surface area contributed by atoms with E-state index in [4.69, 9.17) is 5.11 Å². The fraction of sp³-hybridized carbons (Fsp3) is 0. The third-order valence-corrected chi connectivity index (χ3v) is 3.31. The summed E-state index contributed by atoms with van der Waals surface area (Å²) in [6.07, 6.45) is 1.35. The van der Waals surface area contributed by atoms with Gasteiger partial charge in [-0.05, 0) is 28.1 Å². The molecule has 96 valence electrons. The van der Waals surface area contributed by atoms with E-state index >= 15 is 0 Å². The van der Waals surface area contributed by atoms with Crippen molar-refractivity contribution in [2.75, 3.05) is 0 Å². The van der Waals surface area contributed by atoms with Crippen LogP contribution in [0.4, 0.5) is 5.82 Å². The number of benzene rings is 1. The number of hydrogen-bond donors (Lipinski definition) is 1. The molecule has 1 heterocycles. The van der Waals surface area contributed by atoms with Crippen molar-refractivity contribution >= 4 is 23.5 Å². The second-order valence-corrected chi connectivity index (χ2v) is 4.63. The third kappa shape index (κ3) is 3.08. The molecule has 1 N–H and O–H groups in total. The van der Waals surface area contributed by atoms with Crippen LogP contribution in [0.2, 0.25) is 0 Å². The lowest BCUT2D eigenvalue weighted by Crippen LogP contribution is -1.98. The van der Waals surface area contributed by atoms with E-state index in [0.29, 0.717) is 9.79 Å². The highest BCUT2D eigenvalue weighted by Gasteiger charge is 2.12. The molecule has 0 saturated carbocycles. The average Bonchev–Trinajstić information content (AvgIpc) is 2.39. The smallest absolute Gasteiger partial charge is 0.363 e. The first kappa shape index (κ1) is 13.0. The zero-order chi connectivity index (χ0) is 13.8. The zero-order valence-electron chi connectivity index (χ0n) is 9.52. The van der Waals surface area contributed by atoms with Gasteiger partial charge >= 0.3 is 11.8 Å². The summed E-state index contributed by atoms with van der Waals surface area (Å²) in [5, 5.41) is 19.5. The van der Waals surface area contributed by atoms with Gasteiger partial charge in [0.25, 0.3) is 0 Å². The quantitative estimate of drug-likeness (QED) is 0.681. The fourth-order valence-electron chi connectivity index (χ4n) is 1.40. The number of rotatable bonds is 4. The predicted octanol–water partition coefficient (Wildman–Crippen LogP) is 2.84. The third-order valence-electron chi connectivity index (χ3n) is 2.25. The van der Waals surface area contributed by atoms with E-state index in [1.807, 2.05) is 0 Å². The molecule has 0 unspecified atom stereocenters. The Morgan fingerprint density at radius 2 is 2.00 bits per heavy atom. The number of aromatic nitrogens is 1. The molecule has 0 aliphatic heterocycles. The Labute approximate surface area is 112 Å². The highest BCUT2D eigenvalue weighted by molar-refractivity contribution is 7.99. The van der Waals surface area contributed by atoms with Crippen LogP contribution in [0.3, 0.4) is 0 Å². The molecule has 0 atom stereocenters. The summed E-state index contributed by atoms with van der Waals surface area (Å²) in [4.78, 5) is 25.8. The van der Waals surface area contributed by atoms with E-state index in [1.54, 1.807) is 18.2 Å². The van der Waals surface area contributed by atoms with Crippen LogP contribution in [-0.2, 0) is 0 Å². The average molecular weight is 276 g/mol. The van der Waals surface area contributed by atoms with Gasteiger partial charge in [0, 0.05) is 11.0 Å². The Hall–Kier alpha value is -2.41. The fourth-order valence-corrected chi connectivity index (χ4v) is 2.31. The summed E-state index contributed by atoms with van der Waals surface area (Å²) in [5.74, 6) is -1.26. The number of carboxylic acids is 1. The van der Waals surface area contributed by atoms with Crippen molar-refractivity contribution in [3.05, 3.63) is 58.3 Å². The second kappa shape index (κ2) is 5.49. The highest BCUT2D eigenvalue weighted by Crippen LogP contribution is 2.30. The van der Waals surface area contributed by atoms with Crippen LogP contribution in [0.1, 0.15) is 10.4 Å². The van der Waals surface area contributed by atoms with Gasteiger partial charge in [-0.2, -0.15) is 0 Å². The lowest BCUT2D eigenvalue weighted by Gasteiger charge is -2.03. The number of carbonyl (C=O) groups is 1. The number of aromatic carboxylic acids is 1. The molecule has 0 radical (unpaired) electrons. The van der Waals surface area contributed by atoms with Crippen LogP contribution in [-0.4, -0.2) is 21.0 Å². The van der Waals surface area contributed by atoms with E-state index in [0.717, 1.165) is 0 Å². The molecule has 2 aromatic rings. The van der Waals surface area contributed by atoms with Crippen LogP contribution < -0.4 is 0 Å². The normalized spacial score (nSPS) is 10.1. The number of nitro groups is 1. The Kier molecular flexibility index (Phi) is 3.76. The largest absolute Gasteiger partial charge is 0.478 e. The first-order chi connectivity index (χ1) is 9.08. The van der Waals surface area contributed by atoms with Gasteiger partial charge in [0.15, 0.2) is 6.20 Å². The van der Waals surface area contributed by atoms with Crippen LogP contribution in [0.15, 0.2) is 52.4 Å². The number of hydrogen-bond acceptors (Lipinski definition) is 5. The molecule has 19 heavy (non-hydrogen) atoms. The first-order valence-electron chi connectivity index (χ1n) is 5.18. The molecule has 0 aliphatic rings. The van der Waals surface area contributed by atoms with Gasteiger partial charge in [0.2, 0.25) is 0 Å². The van der Waals surface area contributed by atoms with Gasteiger partial charge in [0.05, 0.1) is 10.5 Å². The van der Waals surface area contributed by atoms with Gasteiger partial charge in [-0.3, -0.25) is 0 Å². The molecule has 0 aliphatic carbocycles. The Morgan fingerprint density at radius 1 is 1.26 bits per heavy atom. The van der Waals surface area contributed by atoms with Crippen molar-refractivity contribution in [3.8, 4) is 0 Å². The standard InChI is InChI=1S/C12H8N2O4S/c15-12(16)9-3-1-2-4-10(9)19-8-5-6-11(13-7-8)14(17)18/h1-7H,(H,15,16). The first-order valence-corrected chi connectivity index (χ1v) is 6.00. The van der Waals surface area contributed by atoms with Gasteiger partial charge in [0.1, 0.15) is 0 Å². The van der Waals surface area contributed by atoms with Gasteiger partial charge < -0.3 is 15.2 Å². The maximum atomic E-state index is 11.0. The molecule has 1 aromatic heterocycles. The molecule has 7 heteroatoms. The Balaban J connectivity index is 2.26. The van der Waals surface area contributed by atoms with E-state index in [9.17, 15) is 14.9 Å². The van der Waals surface area contributed by atoms with E-state index in [1.165, 1.54) is 36.2 Å². The van der Waals surface area contributed by atoms with Crippen molar-refractivity contribution in [3.63, 3.8) is 0 Å². The van der Waals surface area contributed by atoms with Crippen LogP contribution in [0.5, 0.6) is 0 Å². The minimum absolute atomic E-state index is 0.186. The maximum absolute atomic E-state index is 11.0. The summed E-state index contributed by atoms with van der Waals surface area (Å²) in [5.41, 5.74) is 0.186. The predicted molar refractivity (Wildman–Crippen MR) is 68.4 cm³/mol. The van der Waals surface area contributed by atoms with Crippen molar-refractivity contribution in [2.24, 2.45) is 0 Å². The summed E-state index contributed by atoms with van der Waals surface area (Å²) in [7, 11) is 0. The summed E-state index contributed by atoms with van der Waals surface area (Å²) in [6, 6.07) is 9.37. The topological polar surface area (TPSA) is 93.3 Å². The van der Waals surface area contributed by atoms with Gasteiger partial charge in [-0.25, -0.2) is 4.79 Å². The maximum Gasteiger partial charge on any atom is 0.363 e. The number of carboxylic acid groups (broad SMARTS) is 1. The van der Waals surface area contributed by atoms with Crippen LogP contribution >= 0.6 is 11.8 Å². The Morgan fingerprint density at radius 3 is 2.58 bits per heavy atom. The summed E-state index contributed by atoms with van der Waals surface area (Å²) >= 11 is 1.20. The number of nitrogens with zero attached hydrogens (tertiary/aromatic N) is 2. The molecule has 0 fully saturated rings. The highest BCUT2D eigenvalue weighted by atomic mass is 32.2. The molecule has 0 spiro atoms. The van der Waals surface area contributed by atoms with Gasteiger partial charge in [-0.1, -0.05) is 23.9 Å². The lowest BCUT2D eigenvalue weighted by atomic mass is 10.2. The van der Waals surface area contributed by atoms with Crippen LogP contribution in [0, 0.1) is 10.1 Å². The molecule has 2 rings (SSSR count). The van der Waals surface area contributed by atoms with Crippen molar-refractivity contribution in [1.82, 2.24) is 4.98 Å². The SMILES string of the molecule is O=C(O)c1ccccc1Sc1ccc([N+](=O)[O-])nc1. The lowest BCUT2D eigenvalue weighted by molar-refractivity contribution is -0.389. The molecule has 0 saturated heterocycles. The monoisotopic (exact) mass is 276 g/mol. The van der Waals surface area contributed by atoms with Crippen molar-refractivity contribution in [1.29, 1.82) is 0 Å². The minimum atomic E-state index is -1.02. The molecule has 0 amide bonds. The van der Waals surface area contributed by atoms with E-state index in [-0.39, 0.29) is 11.4 Å². The molecular weight excluding hydrogens is 268 g/mol.